The summed E-state index contributed by atoms with van der Waals surface area (Å²) in [4.78, 5) is 10.3. The minimum absolute atomic E-state index is 0.848. The fourth-order valence-corrected chi connectivity index (χ4v) is 3.21. The van der Waals surface area contributed by atoms with Gasteiger partial charge in [0.15, 0.2) is 5.65 Å². The molecule has 0 unspecified atom stereocenters. The monoisotopic (exact) mass is 298 g/mol. The zero-order valence-corrected chi connectivity index (χ0v) is 13.2. The second-order valence-corrected chi connectivity index (χ2v) is 6.02. The molecule has 108 valence electrons. The van der Waals surface area contributed by atoms with Crippen LogP contribution in [-0.2, 0) is 0 Å². The van der Waals surface area contributed by atoms with Gasteiger partial charge in [0.05, 0.1) is 6.20 Å². The van der Waals surface area contributed by atoms with Crippen molar-refractivity contribution in [3.63, 3.8) is 0 Å². The average Bonchev–Trinajstić information content (AvgIpc) is 2.91. The van der Waals surface area contributed by atoms with Gasteiger partial charge in [0.1, 0.15) is 10.8 Å². The number of imidazole rings is 1. The molecule has 1 N–H and O–H groups in total. The van der Waals surface area contributed by atoms with Gasteiger partial charge in [-0.05, 0) is 32.4 Å². The molecule has 0 spiro atoms. The lowest BCUT2D eigenvalue weighted by molar-refractivity contribution is 1.01. The summed E-state index contributed by atoms with van der Waals surface area (Å²) in [5.74, 6) is 0.871. The van der Waals surface area contributed by atoms with E-state index in [4.69, 9.17) is 4.98 Å². The van der Waals surface area contributed by atoms with Crippen molar-refractivity contribution in [2.45, 2.75) is 30.7 Å². The van der Waals surface area contributed by atoms with Gasteiger partial charge in [-0.2, -0.15) is 0 Å². The molecule has 1 aromatic carbocycles. The highest BCUT2D eigenvalue weighted by atomic mass is 32.2. The Balaban J connectivity index is 2.04. The van der Waals surface area contributed by atoms with Gasteiger partial charge in [0.2, 0.25) is 0 Å². The van der Waals surface area contributed by atoms with Crippen LogP contribution >= 0.6 is 11.8 Å². The van der Waals surface area contributed by atoms with Crippen LogP contribution < -0.4 is 5.32 Å². The molecule has 0 aliphatic rings. The van der Waals surface area contributed by atoms with Crippen molar-refractivity contribution < 1.29 is 0 Å². The van der Waals surface area contributed by atoms with E-state index in [2.05, 4.69) is 49.3 Å². The largest absolute Gasteiger partial charge is 0.369 e. The molecule has 0 atom stereocenters. The van der Waals surface area contributed by atoms with Crippen molar-refractivity contribution in [1.29, 1.82) is 0 Å². The summed E-state index contributed by atoms with van der Waals surface area (Å²) < 4.78 is 2.01. The number of rotatable bonds is 4. The Morgan fingerprint density at radius 1 is 1.29 bits per heavy atom. The molecule has 0 saturated heterocycles. The number of benzene rings is 1. The number of aryl methyl sites for hydroxylation is 2. The van der Waals surface area contributed by atoms with Crippen LogP contribution in [0.2, 0.25) is 0 Å². The Kier molecular flexibility index (Phi) is 3.84. The summed E-state index contributed by atoms with van der Waals surface area (Å²) in [6.45, 7) is 7.15. The number of aromatic nitrogens is 3. The molecule has 0 aliphatic carbocycles. The van der Waals surface area contributed by atoms with Gasteiger partial charge in [-0.25, -0.2) is 9.97 Å². The van der Waals surface area contributed by atoms with Gasteiger partial charge in [0, 0.05) is 23.8 Å². The zero-order chi connectivity index (χ0) is 14.8. The molecule has 3 aromatic rings. The maximum Gasteiger partial charge on any atom is 0.170 e. The van der Waals surface area contributed by atoms with Crippen molar-refractivity contribution in [2.75, 3.05) is 11.9 Å². The lowest BCUT2D eigenvalue weighted by Crippen LogP contribution is -2.02. The molecule has 0 radical (unpaired) electrons. The first-order valence-electron chi connectivity index (χ1n) is 7.00. The van der Waals surface area contributed by atoms with Crippen LogP contribution in [0, 0.1) is 13.8 Å². The number of nitrogens with one attached hydrogen (secondary N) is 1. The Bertz CT molecular complexity index is 779. The minimum Gasteiger partial charge on any atom is -0.369 e. The van der Waals surface area contributed by atoms with Crippen LogP contribution in [0.5, 0.6) is 0 Å². The fourth-order valence-electron chi connectivity index (χ4n) is 2.26. The Hall–Kier alpha value is -2.01. The Labute approximate surface area is 128 Å². The van der Waals surface area contributed by atoms with Crippen LogP contribution in [0.25, 0.3) is 5.65 Å². The third-order valence-corrected chi connectivity index (χ3v) is 4.38. The van der Waals surface area contributed by atoms with Gasteiger partial charge in [-0.15, -0.1) is 0 Å². The first kappa shape index (κ1) is 13.9. The second-order valence-electron chi connectivity index (χ2n) is 4.99. The van der Waals surface area contributed by atoms with E-state index in [1.807, 2.05) is 16.8 Å². The topological polar surface area (TPSA) is 42.2 Å². The number of hydrogen-bond donors (Lipinski definition) is 1. The molecule has 0 fully saturated rings. The molecular formula is C16H18N4S. The quantitative estimate of drug-likeness (QED) is 0.792. The predicted octanol–water partition coefficient (Wildman–Crippen LogP) is 3.93. The van der Waals surface area contributed by atoms with E-state index in [-0.39, 0.29) is 0 Å². The van der Waals surface area contributed by atoms with E-state index in [0.717, 1.165) is 23.0 Å². The summed E-state index contributed by atoms with van der Waals surface area (Å²) >= 11 is 1.66. The highest BCUT2D eigenvalue weighted by molar-refractivity contribution is 7.99. The first-order valence-corrected chi connectivity index (χ1v) is 7.81. The molecule has 0 aliphatic heterocycles. The molecule has 0 amide bonds. The molecule has 2 heterocycles. The molecule has 3 rings (SSSR count). The van der Waals surface area contributed by atoms with Crippen molar-refractivity contribution in [3.05, 3.63) is 47.9 Å². The van der Waals surface area contributed by atoms with Crippen LogP contribution in [0.1, 0.15) is 18.1 Å². The third kappa shape index (κ3) is 2.88. The molecule has 5 heteroatoms. The van der Waals surface area contributed by atoms with Crippen LogP contribution in [-0.4, -0.2) is 20.9 Å². The fraction of sp³-hybridized carbons (Fsp3) is 0.250. The lowest BCUT2D eigenvalue weighted by Gasteiger charge is -2.09. The van der Waals surface area contributed by atoms with Crippen molar-refractivity contribution in [3.8, 4) is 0 Å². The van der Waals surface area contributed by atoms with Crippen molar-refractivity contribution in [1.82, 2.24) is 14.4 Å². The maximum absolute atomic E-state index is 4.69. The summed E-state index contributed by atoms with van der Waals surface area (Å²) in [6.07, 6.45) is 5.72. The molecule has 2 aromatic heterocycles. The lowest BCUT2D eigenvalue weighted by atomic mass is 10.2. The minimum atomic E-state index is 0.848. The van der Waals surface area contributed by atoms with E-state index in [1.54, 1.807) is 18.0 Å². The second kappa shape index (κ2) is 5.77. The number of hydrogen-bond acceptors (Lipinski definition) is 4. The summed E-state index contributed by atoms with van der Waals surface area (Å²) in [5.41, 5.74) is 3.43. The van der Waals surface area contributed by atoms with Gasteiger partial charge in [-0.3, -0.25) is 0 Å². The summed E-state index contributed by atoms with van der Waals surface area (Å²) in [5, 5.41) is 4.19. The number of fused-ring (bicyclic) bond motifs is 1. The molecule has 21 heavy (non-hydrogen) atoms. The average molecular weight is 298 g/mol. The molecular weight excluding hydrogens is 280 g/mol. The molecule has 0 saturated carbocycles. The highest BCUT2D eigenvalue weighted by Gasteiger charge is 2.10. The third-order valence-electron chi connectivity index (χ3n) is 3.24. The van der Waals surface area contributed by atoms with E-state index in [0.29, 0.717) is 0 Å². The summed E-state index contributed by atoms with van der Waals surface area (Å²) in [7, 11) is 0. The normalized spacial score (nSPS) is 11.0. The van der Waals surface area contributed by atoms with Crippen molar-refractivity contribution in [2.24, 2.45) is 0 Å². The SMILES string of the molecule is CCNc1cn2ccnc2c(Sc2ccc(C)cc2C)n1. The van der Waals surface area contributed by atoms with Crippen LogP contribution in [0.4, 0.5) is 5.82 Å². The smallest absolute Gasteiger partial charge is 0.170 e. The Morgan fingerprint density at radius 3 is 2.90 bits per heavy atom. The van der Waals surface area contributed by atoms with E-state index in [1.165, 1.54) is 16.0 Å². The highest BCUT2D eigenvalue weighted by Crippen LogP contribution is 2.32. The maximum atomic E-state index is 4.69. The van der Waals surface area contributed by atoms with E-state index in [9.17, 15) is 0 Å². The van der Waals surface area contributed by atoms with Crippen LogP contribution in [0.3, 0.4) is 0 Å². The summed E-state index contributed by atoms with van der Waals surface area (Å²) in [6, 6.07) is 6.47. The van der Waals surface area contributed by atoms with Crippen molar-refractivity contribution >= 4 is 23.2 Å². The van der Waals surface area contributed by atoms with E-state index >= 15 is 0 Å². The van der Waals surface area contributed by atoms with Gasteiger partial charge >= 0.3 is 0 Å². The van der Waals surface area contributed by atoms with Gasteiger partial charge < -0.3 is 9.72 Å². The molecule has 0 bridgehead atoms. The first-order chi connectivity index (χ1) is 10.2. The van der Waals surface area contributed by atoms with E-state index < -0.39 is 0 Å². The predicted molar refractivity (Wildman–Crippen MR) is 87.2 cm³/mol. The molecule has 4 nitrogen and oxygen atoms in total. The zero-order valence-electron chi connectivity index (χ0n) is 12.4. The van der Waals surface area contributed by atoms with Gasteiger partial charge in [-0.1, -0.05) is 29.5 Å². The number of anilines is 1. The number of nitrogens with zero attached hydrogens (tertiary/aromatic N) is 3. The standard InChI is InChI=1S/C16H18N4S/c1-4-17-14-10-20-8-7-18-15(20)16(19-14)21-13-6-5-11(2)9-12(13)3/h5-10,17H,4H2,1-3H3. The Morgan fingerprint density at radius 2 is 2.14 bits per heavy atom. The van der Waals surface area contributed by atoms with Gasteiger partial charge in [0.25, 0.3) is 0 Å². The van der Waals surface area contributed by atoms with Crippen LogP contribution in [0.15, 0.2) is 46.7 Å².